The lowest BCUT2D eigenvalue weighted by Gasteiger charge is -2.18. The summed E-state index contributed by atoms with van der Waals surface area (Å²) in [6, 6.07) is 11.9. The summed E-state index contributed by atoms with van der Waals surface area (Å²) >= 11 is 0. The predicted octanol–water partition coefficient (Wildman–Crippen LogP) is 3.31. The molecule has 2 aromatic carbocycles. The maximum absolute atomic E-state index is 13.2. The second-order valence-corrected chi connectivity index (χ2v) is 6.71. The van der Waals surface area contributed by atoms with E-state index in [2.05, 4.69) is 17.4 Å². The van der Waals surface area contributed by atoms with Crippen molar-refractivity contribution in [1.82, 2.24) is 0 Å². The molecular weight excluding hydrogens is 319 g/mol. The molecular formula is C20H19FN2O2. The third-order valence-corrected chi connectivity index (χ3v) is 4.98. The summed E-state index contributed by atoms with van der Waals surface area (Å²) in [6.45, 7) is 0.360. The fourth-order valence-electron chi connectivity index (χ4n) is 3.67. The minimum absolute atomic E-state index is 0.0441. The van der Waals surface area contributed by atoms with Crippen LogP contribution >= 0.6 is 0 Å². The summed E-state index contributed by atoms with van der Waals surface area (Å²) in [6.07, 6.45) is 3.49. The highest BCUT2D eigenvalue weighted by Crippen LogP contribution is 2.31. The summed E-state index contributed by atoms with van der Waals surface area (Å²) in [5, 5.41) is 2.70. The Hall–Kier alpha value is -2.69. The van der Waals surface area contributed by atoms with Crippen LogP contribution < -0.4 is 10.2 Å². The number of nitrogens with zero attached hydrogens (tertiary/aromatic N) is 1. The van der Waals surface area contributed by atoms with Crippen molar-refractivity contribution in [2.75, 3.05) is 16.8 Å². The summed E-state index contributed by atoms with van der Waals surface area (Å²) in [5.74, 6) is -1.12. The SMILES string of the molecule is O=C(Nc1cccc(F)c1)C1CC(=O)N(c2ccc3c(c2)CCC3)C1. The molecule has 0 aromatic heterocycles. The molecule has 2 amide bonds. The average molecular weight is 338 g/mol. The van der Waals surface area contributed by atoms with Gasteiger partial charge in [-0.05, 0) is 60.7 Å². The van der Waals surface area contributed by atoms with Gasteiger partial charge < -0.3 is 10.2 Å². The number of nitrogens with one attached hydrogen (secondary N) is 1. The predicted molar refractivity (Wildman–Crippen MR) is 94.0 cm³/mol. The van der Waals surface area contributed by atoms with Crippen LogP contribution in [0.5, 0.6) is 0 Å². The second kappa shape index (κ2) is 6.31. The minimum atomic E-state index is -0.427. The summed E-state index contributed by atoms with van der Waals surface area (Å²) in [5.41, 5.74) is 3.94. The molecule has 0 saturated carbocycles. The number of fused-ring (bicyclic) bond motifs is 1. The molecule has 2 aromatic rings. The molecule has 25 heavy (non-hydrogen) atoms. The van der Waals surface area contributed by atoms with Gasteiger partial charge in [0.2, 0.25) is 11.8 Å². The molecule has 5 heteroatoms. The van der Waals surface area contributed by atoms with E-state index in [1.807, 2.05) is 6.07 Å². The van der Waals surface area contributed by atoms with Crippen LogP contribution in [0, 0.1) is 11.7 Å². The van der Waals surface area contributed by atoms with E-state index in [-0.39, 0.29) is 18.2 Å². The molecule has 1 N–H and O–H groups in total. The highest BCUT2D eigenvalue weighted by atomic mass is 19.1. The summed E-state index contributed by atoms with van der Waals surface area (Å²) < 4.78 is 13.2. The Morgan fingerprint density at radius 3 is 2.80 bits per heavy atom. The van der Waals surface area contributed by atoms with Gasteiger partial charge in [-0.15, -0.1) is 0 Å². The first-order chi connectivity index (χ1) is 12.1. The molecule has 1 heterocycles. The van der Waals surface area contributed by atoms with Gasteiger partial charge in [0.1, 0.15) is 5.82 Å². The lowest BCUT2D eigenvalue weighted by Crippen LogP contribution is -2.28. The van der Waals surface area contributed by atoms with E-state index in [0.29, 0.717) is 12.2 Å². The average Bonchev–Trinajstić information content (AvgIpc) is 3.20. The van der Waals surface area contributed by atoms with Gasteiger partial charge in [-0.3, -0.25) is 9.59 Å². The zero-order valence-electron chi connectivity index (χ0n) is 13.8. The molecule has 0 bridgehead atoms. The number of benzene rings is 2. The Morgan fingerprint density at radius 2 is 1.96 bits per heavy atom. The summed E-state index contributed by atoms with van der Waals surface area (Å²) in [7, 11) is 0. The van der Waals surface area contributed by atoms with E-state index >= 15 is 0 Å². The Balaban J connectivity index is 1.47. The Bertz CT molecular complexity index is 849. The zero-order chi connectivity index (χ0) is 17.4. The van der Waals surface area contributed by atoms with Gasteiger partial charge in [0, 0.05) is 24.3 Å². The van der Waals surface area contributed by atoms with Crippen LogP contribution in [0.2, 0.25) is 0 Å². The first-order valence-electron chi connectivity index (χ1n) is 8.59. The van der Waals surface area contributed by atoms with E-state index < -0.39 is 11.7 Å². The largest absolute Gasteiger partial charge is 0.326 e. The number of carbonyl (C=O) groups is 2. The molecule has 1 aliphatic heterocycles. The second-order valence-electron chi connectivity index (χ2n) is 6.71. The molecule has 1 atom stereocenters. The molecule has 1 fully saturated rings. The molecule has 128 valence electrons. The third kappa shape index (κ3) is 3.14. The number of aryl methyl sites for hydroxylation is 2. The first kappa shape index (κ1) is 15.8. The summed E-state index contributed by atoms with van der Waals surface area (Å²) in [4.78, 5) is 26.5. The van der Waals surface area contributed by atoms with Gasteiger partial charge in [0.15, 0.2) is 0 Å². The van der Waals surface area contributed by atoms with Crippen LogP contribution in [0.4, 0.5) is 15.8 Å². The number of halogens is 1. The van der Waals surface area contributed by atoms with Crippen molar-refractivity contribution in [2.45, 2.75) is 25.7 Å². The number of amides is 2. The zero-order valence-corrected chi connectivity index (χ0v) is 13.8. The third-order valence-electron chi connectivity index (χ3n) is 4.98. The molecule has 4 nitrogen and oxygen atoms in total. The highest BCUT2D eigenvalue weighted by molar-refractivity contribution is 6.03. The van der Waals surface area contributed by atoms with Crippen molar-refractivity contribution in [1.29, 1.82) is 0 Å². The van der Waals surface area contributed by atoms with E-state index in [9.17, 15) is 14.0 Å². The number of anilines is 2. The quantitative estimate of drug-likeness (QED) is 0.933. The number of hydrogen-bond donors (Lipinski definition) is 1. The van der Waals surface area contributed by atoms with Crippen LogP contribution in [-0.2, 0) is 22.4 Å². The Kier molecular flexibility index (Phi) is 3.99. The van der Waals surface area contributed by atoms with Crippen LogP contribution in [0.1, 0.15) is 24.0 Å². The molecule has 4 rings (SSSR count). The molecule has 2 aliphatic rings. The first-order valence-corrected chi connectivity index (χ1v) is 8.59. The number of hydrogen-bond acceptors (Lipinski definition) is 2. The lowest BCUT2D eigenvalue weighted by atomic mass is 10.1. The van der Waals surface area contributed by atoms with Gasteiger partial charge >= 0.3 is 0 Å². The van der Waals surface area contributed by atoms with Crippen molar-refractivity contribution < 1.29 is 14.0 Å². The van der Waals surface area contributed by atoms with Crippen LogP contribution in [0.3, 0.4) is 0 Å². The molecule has 1 saturated heterocycles. The lowest BCUT2D eigenvalue weighted by molar-refractivity contribution is -0.122. The maximum atomic E-state index is 13.2. The van der Waals surface area contributed by atoms with Crippen molar-refractivity contribution in [2.24, 2.45) is 5.92 Å². The van der Waals surface area contributed by atoms with E-state index in [0.717, 1.165) is 24.9 Å². The Morgan fingerprint density at radius 1 is 1.12 bits per heavy atom. The smallest absolute Gasteiger partial charge is 0.229 e. The van der Waals surface area contributed by atoms with Crippen molar-refractivity contribution in [3.05, 3.63) is 59.4 Å². The molecule has 0 spiro atoms. The van der Waals surface area contributed by atoms with Crippen LogP contribution in [-0.4, -0.2) is 18.4 Å². The molecule has 1 aliphatic carbocycles. The van der Waals surface area contributed by atoms with Crippen LogP contribution in [0.15, 0.2) is 42.5 Å². The van der Waals surface area contributed by atoms with E-state index in [1.54, 1.807) is 17.0 Å². The van der Waals surface area contributed by atoms with Gasteiger partial charge in [-0.25, -0.2) is 4.39 Å². The van der Waals surface area contributed by atoms with Crippen molar-refractivity contribution in [3.8, 4) is 0 Å². The van der Waals surface area contributed by atoms with Crippen LogP contribution in [0.25, 0.3) is 0 Å². The van der Waals surface area contributed by atoms with Crippen molar-refractivity contribution >= 4 is 23.2 Å². The standard InChI is InChI=1S/C20H19FN2O2/c21-16-5-2-6-17(11-16)22-20(25)15-10-19(24)23(12-15)18-8-7-13-3-1-4-14(13)9-18/h2,5-9,11,15H,1,3-4,10,12H2,(H,22,25). The van der Waals surface area contributed by atoms with E-state index in [4.69, 9.17) is 0 Å². The topological polar surface area (TPSA) is 49.4 Å². The van der Waals surface area contributed by atoms with Gasteiger partial charge in [-0.2, -0.15) is 0 Å². The molecule has 0 radical (unpaired) electrons. The maximum Gasteiger partial charge on any atom is 0.229 e. The van der Waals surface area contributed by atoms with Crippen molar-refractivity contribution in [3.63, 3.8) is 0 Å². The van der Waals surface area contributed by atoms with Gasteiger partial charge in [0.05, 0.1) is 5.92 Å². The monoisotopic (exact) mass is 338 g/mol. The number of rotatable bonds is 3. The highest BCUT2D eigenvalue weighted by Gasteiger charge is 2.35. The number of carbonyl (C=O) groups excluding carboxylic acids is 2. The normalized spacial score (nSPS) is 19.2. The minimum Gasteiger partial charge on any atom is -0.326 e. The van der Waals surface area contributed by atoms with Gasteiger partial charge in [-0.1, -0.05) is 12.1 Å². The fourth-order valence-corrected chi connectivity index (χ4v) is 3.67. The van der Waals surface area contributed by atoms with Gasteiger partial charge in [0.25, 0.3) is 0 Å². The fraction of sp³-hybridized carbons (Fsp3) is 0.300. The Labute approximate surface area is 145 Å². The van der Waals surface area contributed by atoms with E-state index in [1.165, 1.54) is 23.3 Å². The molecule has 1 unspecified atom stereocenters.